The average molecular weight is 236 g/mol. The Morgan fingerprint density at radius 2 is 2.00 bits per heavy atom. The number of nitrogens with zero attached hydrogens (tertiary/aromatic N) is 1. The molecule has 94 valence electrons. The van der Waals surface area contributed by atoms with E-state index in [1.807, 2.05) is 6.92 Å². The van der Waals surface area contributed by atoms with Gasteiger partial charge in [-0.2, -0.15) is 0 Å². The van der Waals surface area contributed by atoms with Crippen LogP contribution in [0.25, 0.3) is 0 Å². The van der Waals surface area contributed by atoms with Crippen LogP contribution in [0.5, 0.6) is 0 Å². The van der Waals surface area contributed by atoms with Gasteiger partial charge in [-0.1, -0.05) is 29.8 Å². The second-order valence-corrected chi connectivity index (χ2v) is 4.28. The Bertz CT molecular complexity index is 362. The van der Waals surface area contributed by atoms with Crippen LogP contribution in [0.4, 0.5) is 0 Å². The highest BCUT2D eigenvalue weighted by atomic mass is 16.3. The van der Waals surface area contributed by atoms with Crippen molar-refractivity contribution in [3.63, 3.8) is 0 Å². The van der Waals surface area contributed by atoms with Crippen molar-refractivity contribution in [2.45, 2.75) is 19.4 Å². The molecule has 1 aromatic rings. The Kier molecular flexibility index (Phi) is 5.12. The molecular formula is C13H20N2O2. The molecule has 4 heteroatoms. The van der Waals surface area contributed by atoms with Crippen molar-refractivity contribution in [2.75, 3.05) is 20.2 Å². The molecule has 17 heavy (non-hydrogen) atoms. The Morgan fingerprint density at radius 1 is 1.41 bits per heavy atom. The molecule has 0 radical (unpaired) electrons. The summed E-state index contributed by atoms with van der Waals surface area (Å²) in [5, 5.41) is 8.80. The summed E-state index contributed by atoms with van der Waals surface area (Å²) < 4.78 is 0. The van der Waals surface area contributed by atoms with Crippen molar-refractivity contribution in [1.29, 1.82) is 0 Å². The summed E-state index contributed by atoms with van der Waals surface area (Å²) in [7, 11) is 1.70. The standard InChI is InChI=1S/C13H20N2O2/c1-10-3-5-11(6-4-10)7-8-15(2)13(17)12(14)9-16/h3-6,12,16H,7-9,14H2,1-2H3. The van der Waals surface area contributed by atoms with Crippen LogP contribution in [-0.2, 0) is 11.2 Å². The number of carbonyl (C=O) groups is 1. The van der Waals surface area contributed by atoms with E-state index >= 15 is 0 Å². The largest absolute Gasteiger partial charge is 0.394 e. The Morgan fingerprint density at radius 3 is 2.53 bits per heavy atom. The lowest BCUT2D eigenvalue weighted by Gasteiger charge is -2.20. The normalized spacial score (nSPS) is 12.2. The first-order valence-corrected chi connectivity index (χ1v) is 5.71. The van der Waals surface area contributed by atoms with E-state index in [1.165, 1.54) is 11.1 Å². The van der Waals surface area contributed by atoms with Crippen molar-refractivity contribution >= 4 is 5.91 Å². The second kappa shape index (κ2) is 6.37. The lowest BCUT2D eigenvalue weighted by molar-refractivity contribution is -0.132. The van der Waals surface area contributed by atoms with Gasteiger partial charge in [0.15, 0.2) is 0 Å². The zero-order valence-electron chi connectivity index (χ0n) is 10.4. The minimum absolute atomic E-state index is 0.223. The zero-order chi connectivity index (χ0) is 12.8. The predicted octanol–water partition coefficient (Wildman–Crippen LogP) is 0.316. The molecule has 0 heterocycles. The molecule has 0 aliphatic heterocycles. The van der Waals surface area contributed by atoms with Crippen molar-refractivity contribution in [2.24, 2.45) is 5.73 Å². The number of hydrogen-bond acceptors (Lipinski definition) is 3. The summed E-state index contributed by atoms with van der Waals surface area (Å²) in [4.78, 5) is 13.1. The predicted molar refractivity (Wildman–Crippen MR) is 67.6 cm³/mol. The minimum Gasteiger partial charge on any atom is -0.394 e. The quantitative estimate of drug-likeness (QED) is 0.773. The van der Waals surface area contributed by atoms with E-state index in [9.17, 15) is 4.79 Å². The number of rotatable bonds is 5. The molecule has 1 unspecified atom stereocenters. The number of nitrogens with two attached hydrogens (primary N) is 1. The van der Waals surface area contributed by atoms with E-state index in [1.54, 1.807) is 11.9 Å². The number of likely N-dealkylation sites (N-methyl/N-ethyl adjacent to an activating group) is 1. The molecule has 1 aromatic carbocycles. The highest BCUT2D eigenvalue weighted by molar-refractivity contribution is 5.81. The van der Waals surface area contributed by atoms with Crippen molar-refractivity contribution < 1.29 is 9.90 Å². The molecule has 1 rings (SSSR count). The van der Waals surface area contributed by atoms with E-state index in [0.717, 1.165) is 6.42 Å². The van der Waals surface area contributed by atoms with Gasteiger partial charge in [0.05, 0.1) is 6.61 Å². The van der Waals surface area contributed by atoms with Crippen LogP contribution in [0.1, 0.15) is 11.1 Å². The smallest absolute Gasteiger partial charge is 0.241 e. The molecule has 1 atom stereocenters. The van der Waals surface area contributed by atoms with E-state index in [2.05, 4.69) is 24.3 Å². The third-order valence-electron chi connectivity index (χ3n) is 2.75. The topological polar surface area (TPSA) is 66.6 Å². The molecule has 0 aromatic heterocycles. The molecule has 0 aliphatic carbocycles. The molecule has 1 amide bonds. The highest BCUT2D eigenvalue weighted by Crippen LogP contribution is 2.04. The van der Waals surface area contributed by atoms with E-state index in [0.29, 0.717) is 6.54 Å². The molecule has 0 saturated carbocycles. The Hall–Kier alpha value is -1.39. The monoisotopic (exact) mass is 236 g/mol. The van der Waals surface area contributed by atoms with Crippen molar-refractivity contribution in [3.8, 4) is 0 Å². The van der Waals surface area contributed by atoms with Crippen LogP contribution in [0, 0.1) is 6.92 Å². The fourth-order valence-electron chi connectivity index (χ4n) is 1.52. The van der Waals surface area contributed by atoms with Crippen molar-refractivity contribution in [3.05, 3.63) is 35.4 Å². The summed E-state index contributed by atoms with van der Waals surface area (Å²) in [6.07, 6.45) is 0.792. The van der Waals surface area contributed by atoms with Gasteiger partial charge in [0.1, 0.15) is 6.04 Å². The van der Waals surface area contributed by atoms with Gasteiger partial charge in [0.25, 0.3) is 0 Å². The van der Waals surface area contributed by atoms with Gasteiger partial charge in [-0.25, -0.2) is 0 Å². The highest BCUT2D eigenvalue weighted by Gasteiger charge is 2.16. The summed E-state index contributed by atoms with van der Waals surface area (Å²) in [6, 6.07) is 7.41. The van der Waals surface area contributed by atoms with Crippen LogP contribution in [0.15, 0.2) is 24.3 Å². The molecule has 0 bridgehead atoms. The first-order chi connectivity index (χ1) is 8.04. The average Bonchev–Trinajstić information content (AvgIpc) is 2.35. The first-order valence-electron chi connectivity index (χ1n) is 5.71. The van der Waals surface area contributed by atoms with Gasteiger partial charge >= 0.3 is 0 Å². The first kappa shape index (κ1) is 13.7. The van der Waals surface area contributed by atoms with Gasteiger partial charge in [-0.15, -0.1) is 0 Å². The van der Waals surface area contributed by atoms with Crippen LogP contribution < -0.4 is 5.73 Å². The zero-order valence-corrected chi connectivity index (χ0v) is 10.4. The van der Waals surface area contributed by atoms with Gasteiger partial charge in [-0.3, -0.25) is 4.79 Å². The third-order valence-corrected chi connectivity index (χ3v) is 2.75. The molecule has 0 aliphatic rings. The fourth-order valence-corrected chi connectivity index (χ4v) is 1.52. The maximum Gasteiger partial charge on any atom is 0.241 e. The number of hydrogen-bond donors (Lipinski definition) is 2. The molecule has 3 N–H and O–H groups in total. The van der Waals surface area contributed by atoms with E-state index in [-0.39, 0.29) is 12.5 Å². The van der Waals surface area contributed by atoms with Crippen LogP contribution >= 0.6 is 0 Å². The fraction of sp³-hybridized carbons (Fsp3) is 0.462. The lowest BCUT2D eigenvalue weighted by Crippen LogP contribution is -2.44. The third kappa shape index (κ3) is 4.17. The van der Waals surface area contributed by atoms with Gasteiger partial charge in [0.2, 0.25) is 5.91 Å². The SMILES string of the molecule is Cc1ccc(CCN(C)C(=O)C(N)CO)cc1. The maximum absolute atomic E-state index is 11.6. The Labute approximate surface area is 102 Å². The number of aliphatic hydroxyl groups excluding tert-OH is 1. The summed E-state index contributed by atoms with van der Waals surface area (Å²) in [5.74, 6) is -0.223. The summed E-state index contributed by atoms with van der Waals surface area (Å²) in [6.45, 7) is 2.34. The van der Waals surface area contributed by atoms with Crippen molar-refractivity contribution in [1.82, 2.24) is 4.90 Å². The summed E-state index contributed by atoms with van der Waals surface area (Å²) in [5.41, 5.74) is 7.88. The van der Waals surface area contributed by atoms with E-state index < -0.39 is 6.04 Å². The Balaban J connectivity index is 2.45. The second-order valence-electron chi connectivity index (χ2n) is 4.28. The molecule has 0 fully saturated rings. The lowest BCUT2D eigenvalue weighted by atomic mass is 10.1. The molecule has 0 saturated heterocycles. The molecular weight excluding hydrogens is 216 g/mol. The van der Waals surface area contributed by atoms with E-state index in [4.69, 9.17) is 10.8 Å². The molecule has 4 nitrogen and oxygen atoms in total. The van der Waals surface area contributed by atoms with Crippen LogP contribution in [0.3, 0.4) is 0 Å². The maximum atomic E-state index is 11.6. The number of carbonyl (C=O) groups excluding carboxylic acids is 1. The van der Waals surface area contributed by atoms with Crippen LogP contribution in [0.2, 0.25) is 0 Å². The van der Waals surface area contributed by atoms with Gasteiger partial charge in [0, 0.05) is 13.6 Å². The number of aryl methyl sites for hydroxylation is 1. The molecule has 0 spiro atoms. The van der Waals surface area contributed by atoms with Gasteiger partial charge < -0.3 is 15.7 Å². The van der Waals surface area contributed by atoms with Gasteiger partial charge in [-0.05, 0) is 18.9 Å². The summed E-state index contributed by atoms with van der Waals surface area (Å²) >= 11 is 0. The number of amides is 1. The number of aliphatic hydroxyl groups is 1. The van der Waals surface area contributed by atoms with Crippen LogP contribution in [-0.4, -0.2) is 42.2 Å². The minimum atomic E-state index is -0.807. The number of benzene rings is 1.